The quantitative estimate of drug-likeness (QED) is 0.119. The topological polar surface area (TPSA) is 12.2 Å². The SMILES string of the molecule is CCC1(C)c2cc(C(C)(C)C)cc3c(C(C)(C)C)cc4c(c23)[n+](c2ccc(C(C)(C)C)cn42)C1(C=CCc1ccccc1-c1cc2ccccc2c[n+]1C)CC. The minimum atomic E-state index is -0.319. The van der Waals surface area contributed by atoms with Gasteiger partial charge in [-0.25, -0.2) is 9.13 Å². The van der Waals surface area contributed by atoms with Crippen LogP contribution in [0.3, 0.4) is 0 Å². The molecular formula is C53H63N3+2. The van der Waals surface area contributed by atoms with E-state index in [1.165, 1.54) is 77.3 Å². The number of imidazole rings is 1. The van der Waals surface area contributed by atoms with Crippen LogP contribution in [-0.2, 0) is 40.7 Å². The van der Waals surface area contributed by atoms with Gasteiger partial charge in [-0.05, 0) is 104 Å². The Morgan fingerprint density at radius 3 is 2.05 bits per heavy atom. The Kier molecular flexibility index (Phi) is 8.77. The van der Waals surface area contributed by atoms with Gasteiger partial charge in [0.1, 0.15) is 18.8 Å². The molecule has 0 amide bonds. The molecule has 8 rings (SSSR count). The van der Waals surface area contributed by atoms with E-state index in [1.807, 2.05) is 0 Å². The van der Waals surface area contributed by atoms with Gasteiger partial charge >= 0.3 is 0 Å². The maximum absolute atomic E-state index is 2.78. The highest BCUT2D eigenvalue weighted by Crippen LogP contribution is 2.54. The lowest BCUT2D eigenvalue weighted by Crippen LogP contribution is -2.67. The number of allylic oxidation sites excluding steroid dienone is 2. The predicted octanol–water partition coefficient (Wildman–Crippen LogP) is 12.7. The van der Waals surface area contributed by atoms with E-state index in [-0.39, 0.29) is 27.2 Å². The Balaban J connectivity index is 1.43. The molecule has 2 unspecified atom stereocenters. The number of rotatable bonds is 6. The van der Waals surface area contributed by atoms with Crippen LogP contribution in [-0.4, -0.2) is 4.40 Å². The van der Waals surface area contributed by atoms with Crippen molar-refractivity contribution in [2.45, 2.75) is 130 Å². The van der Waals surface area contributed by atoms with Gasteiger partial charge in [0.2, 0.25) is 5.69 Å². The molecule has 2 atom stereocenters. The molecule has 0 saturated carbocycles. The fourth-order valence-electron chi connectivity index (χ4n) is 10.0. The summed E-state index contributed by atoms with van der Waals surface area (Å²) in [7, 11) is 2.18. The summed E-state index contributed by atoms with van der Waals surface area (Å²) in [4.78, 5) is 0. The molecule has 3 aromatic heterocycles. The molecule has 0 bridgehead atoms. The largest absolute Gasteiger partial charge is 0.287 e. The van der Waals surface area contributed by atoms with Gasteiger partial charge in [0, 0.05) is 33.9 Å². The minimum absolute atomic E-state index is 0.0112. The second-order valence-electron chi connectivity index (χ2n) is 20.1. The van der Waals surface area contributed by atoms with Gasteiger partial charge < -0.3 is 0 Å². The van der Waals surface area contributed by atoms with Crippen molar-refractivity contribution < 1.29 is 9.13 Å². The number of hydrogen-bond acceptors (Lipinski definition) is 0. The molecule has 0 N–H and O–H groups in total. The molecule has 7 aromatic rings. The van der Waals surface area contributed by atoms with Crippen LogP contribution >= 0.6 is 0 Å². The molecule has 56 heavy (non-hydrogen) atoms. The Morgan fingerprint density at radius 2 is 1.39 bits per heavy atom. The van der Waals surface area contributed by atoms with E-state index >= 15 is 0 Å². The number of nitrogens with zero attached hydrogens (tertiary/aromatic N) is 3. The number of benzene rings is 4. The standard InChI is InChI=1S/C53H63N3/c1-14-52(12)43-31-39(50(6,7)8)30-41-42(51(9,10)11)32-45-48(47(41)43)56(46-27-26-38(34-55(45)46)49(3,4)5)53(52,15-2)28-20-24-35-21-18-19-25-40(35)44-29-36-22-16-17-23-37(36)33-54(44)13/h16-23,25-34H,14-15,24H2,1-13H3/q+2. The minimum Gasteiger partial charge on any atom is -0.212 e. The van der Waals surface area contributed by atoms with Crippen molar-refractivity contribution in [3.63, 3.8) is 0 Å². The molecule has 1 aliphatic heterocycles. The van der Waals surface area contributed by atoms with Crippen molar-refractivity contribution in [1.82, 2.24) is 4.40 Å². The smallest absolute Gasteiger partial charge is 0.212 e. The molecule has 0 radical (unpaired) electrons. The summed E-state index contributed by atoms with van der Waals surface area (Å²) in [5, 5.41) is 5.38. The van der Waals surface area contributed by atoms with E-state index in [0.29, 0.717) is 0 Å². The highest BCUT2D eigenvalue weighted by Gasteiger charge is 2.56. The van der Waals surface area contributed by atoms with Crippen molar-refractivity contribution >= 4 is 38.2 Å². The summed E-state index contributed by atoms with van der Waals surface area (Å²) in [6.45, 7) is 28.7. The zero-order valence-electron chi connectivity index (χ0n) is 36.4. The van der Waals surface area contributed by atoms with Crippen LogP contribution in [0.2, 0.25) is 0 Å². The molecule has 4 aromatic carbocycles. The molecule has 0 saturated heterocycles. The van der Waals surface area contributed by atoms with Gasteiger partial charge in [-0.15, -0.1) is 0 Å². The van der Waals surface area contributed by atoms with Crippen LogP contribution in [0, 0.1) is 0 Å². The summed E-state index contributed by atoms with van der Waals surface area (Å²) in [6.07, 6.45) is 12.7. The van der Waals surface area contributed by atoms with Crippen LogP contribution in [0.1, 0.15) is 124 Å². The Hall–Kier alpha value is -4.76. The first-order chi connectivity index (χ1) is 26.3. The Bertz CT molecular complexity index is 2720. The van der Waals surface area contributed by atoms with Crippen molar-refractivity contribution in [1.29, 1.82) is 0 Å². The molecule has 0 fully saturated rings. The Labute approximate surface area is 335 Å². The van der Waals surface area contributed by atoms with E-state index in [9.17, 15) is 0 Å². The van der Waals surface area contributed by atoms with Gasteiger partial charge in [-0.3, -0.25) is 0 Å². The third-order valence-electron chi connectivity index (χ3n) is 13.6. The maximum Gasteiger partial charge on any atom is 0.287 e. The van der Waals surface area contributed by atoms with Crippen LogP contribution in [0.25, 0.3) is 49.5 Å². The third kappa shape index (κ3) is 5.66. The molecule has 288 valence electrons. The molecule has 4 heterocycles. The molecule has 0 spiro atoms. The maximum atomic E-state index is 2.78. The van der Waals surface area contributed by atoms with Gasteiger partial charge in [0.05, 0.1) is 0 Å². The average molecular weight is 742 g/mol. The lowest BCUT2D eigenvalue weighted by molar-refractivity contribution is -0.719. The third-order valence-corrected chi connectivity index (χ3v) is 13.6. The normalized spacial score (nSPS) is 19.1. The average Bonchev–Trinajstić information content (AvgIpc) is 3.48. The summed E-state index contributed by atoms with van der Waals surface area (Å²) < 4.78 is 7.61. The van der Waals surface area contributed by atoms with Crippen molar-refractivity contribution in [3.8, 4) is 11.3 Å². The second kappa shape index (κ2) is 12.9. The molecular weight excluding hydrogens is 679 g/mol. The number of aryl methyl sites for hydroxylation is 1. The zero-order chi connectivity index (χ0) is 40.2. The number of fused-ring (bicyclic) bond motifs is 4. The van der Waals surface area contributed by atoms with E-state index < -0.39 is 0 Å². The molecule has 3 heteroatoms. The van der Waals surface area contributed by atoms with E-state index in [0.717, 1.165) is 19.3 Å². The summed E-state index contributed by atoms with van der Waals surface area (Å²) in [5.74, 6) is 0. The fourth-order valence-corrected chi connectivity index (χ4v) is 10.0. The van der Waals surface area contributed by atoms with Gasteiger partial charge in [0.25, 0.3) is 5.65 Å². The monoisotopic (exact) mass is 742 g/mol. The first-order valence-electron chi connectivity index (χ1n) is 21.0. The van der Waals surface area contributed by atoms with E-state index in [4.69, 9.17) is 0 Å². The fraction of sp³-hybridized carbons (Fsp3) is 0.396. The highest BCUT2D eigenvalue weighted by molar-refractivity contribution is 6.09. The first-order valence-corrected chi connectivity index (χ1v) is 21.0. The van der Waals surface area contributed by atoms with Crippen molar-refractivity contribution in [2.24, 2.45) is 7.05 Å². The summed E-state index contributed by atoms with van der Waals surface area (Å²) >= 11 is 0. The highest BCUT2D eigenvalue weighted by atomic mass is 15.2. The van der Waals surface area contributed by atoms with E-state index in [2.05, 4.69) is 213 Å². The number of hydrogen-bond donors (Lipinski definition) is 0. The number of pyridine rings is 2. The zero-order valence-corrected chi connectivity index (χ0v) is 36.4. The molecule has 3 nitrogen and oxygen atoms in total. The van der Waals surface area contributed by atoms with Crippen LogP contribution in [0.4, 0.5) is 0 Å². The van der Waals surface area contributed by atoms with Crippen molar-refractivity contribution in [2.75, 3.05) is 0 Å². The second-order valence-corrected chi connectivity index (χ2v) is 20.1. The summed E-state index contributed by atoms with van der Waals surface area (Å²) in [5.41, 5.74) is 13.0. The van der Waals surface area contributed by atoms with Crippen LogP contribution in [0.15, 0.2) is 109 Å². The van der Waals surface area contributed by atoms with E-state index in [1.54, 1.807) is 0 Å². The predicted molar refractivity (Wildman–Crippen MR) is 238 cm³/mol. The molecule has 0 aliphatic carbocycles. The molecule has 1 aliphatic rings. The number of aromatic nitrogens is 3. The lowest BCUT2D eigenvalue weighted by atomic mass is 9.59. The van der Waals surface area contributed by atoms with Crippen LogP contribution in [0.5, 0.6) is 0 Å². The van der Waals surface area contributed by atoms with Crippen LogP contribution < -0.4 is 9.13 Å². The van der Waals surface area contributed by atoms with Gasteiger partial charge in [-0.1, -0.05) is 138 Å². The lowest BCUT2D eigenvalue weighted by Gasteiger charge is -2.48. The van der Waals surface area contributed by atoms with Gasteiger partial charge in [-0.2, -0.15) is 4.40 Å². The Morgan fingerprint density at radius 1 is 0.714 bits per heavy atom. The van der Waals surface area contributed by atoms with Gasteiger partial charge in [0.15, 0.2) is 17.2 Å². The summed E-state index contributed by atoms with van der Waals surface area (Å²) in [6, 6.07) is 32.5. The van der Waals surface area contributed by atoms with Crippen molar-refractivity contribution in [3.05, 3.63) is 137 Å². The first kappa shape index (κ1) is 38.1.